The lowest BCUT2D eigenvalue weighted by Gasteiger charge is -2.10. The Morgan fingerprint density at radius 1 is 1.26 bits per heavy atom. The Kier molecular flexibility index (Phi) is 4.40. The van der Waals surface area contributed by atoms with E-state index in [1.165, 1.54) is 0 Å². The van der Waals surface area contributed by atoms with E-state index in [-0.39, 0.29) is 0 Å². The van der Waals surface area contributed by atoms with Gasteiger partial charge in [0.05, 0.1) is 0 Å². The number of halogens is 1. The first kappa shape index (κ1) is 13.8. The number of ether oxygens (including phenoxy) is 1. The fourth-order valence-corrected chi connectivity index (χ4v) is 2.04. The third-order valence-corrected chi connectivity index (χ3v) is 3.10. The highest BCUT2D eigenvalue weighted by Crippen LogP contribution is 2.27. The minimum Gasteiger partial charge on any atom is -0.439 e. The molecule has 0 aliphatic rings. The Labute approximate surface area is 118 Å². The molecule has 0 atom stereocenters. The monoisotopic (exact) mass is 276 g/mol. The first-order valence-corrected chi connectivity index (χ1v) is 6.64. The summed E-state index contributed by atoms with van der Waals surface area (Å²) < 4.78 is 5.82. The van der Waals surface area contributed by atoms with Crippen molar-refractivity contribution >= 4 is 11.6 Å². The highest BCUT2D eigenvalue weighted by atomic mass is 35.5. The summed E-state index contributed by atoms with van der Waals surface area (Å²) in [5.41, 5.74) is 8.66. The number of hydrogen-bond donors (Lipinski definition) is 1. The van der Waals surface area contributed by atoms with Crippen LogP contribution < -0.4 is 10.5 Å². The van der Waals surface area contributed by atoms with Crippen LogP contribution in [0.5, 0.6) is 11.6 Å². The molecule has 0 spiro atoms. The lowest BCUT2D eigenvalue weighted by molar-refractivity contribution is 0.456. The molecule has 0 saturated carbocycles. The van der Waals surface area contributed by atoms with Gasteiger partial charge >= 0.3 is 0 Å². The molecule has 1 heterocycles. The van der Waals surface area contributed by atoms with Gasteiger partial charge in [0.2, 0.25) is 5.88 Å². The van der Waals surface area contributed by atoms with Crippen LogP contribution in [-0.4, -0.2) is 4.98 Å². The molecule has 0 aliphatic heterocycles. The van der Waals surface area contributed by atoms with Gasteiger partial charge in [0.25, 0.3) is 0 Å². The Hall–Kier alpha value is -1.58. The zero-order valence-electron chi connectivity index (χ0n) is 11.1. The summed E-state index contributed by atoms with van der Waals surface area (Å²) in [5.74, 6) is 1.33. The molecule has 1 aromatic heterocycles. The molecular weight excluding hydrogens is 260 g/mol. The van der Waals surface area contributed by atoms with E-state index in [1.54, 1.807) is 6.07 Å². The first-order valence-electron chi connectivity index (χ1n) is 6.26. The Morgan fingerprint density at radius 2 is 2.05 bits per heavy atom. The standard InChI is InChI=1S/C15H17ClN2O/c1-3-13-7-11(9-17)8-15(18-13)19-14-5-4-12(16)6-10(14)2/h4-8H,3,9,17H2,1-2H3. The molecule has 2 aromatic rings. The number of rotatable bonds is 4. The minimum atomic E-state index is 0.478. The smallest absolute Gasteiger partial charge is 0.219 e. The molecule has 0 radical (unpaired) electrons. The van der Waals surface area contributed by atoms with Crippen molar-refractivity contribution in [2.75, 3.05) is 0 Å². The first-order chi connectivity index (χ1) is 9.12. The van der Waals surface area contributed by atoms with Gasteiger partial charge in [-0.2, -0.15) is 0 Å². The second kappa shape index (κ2) is 6.04. The van der Waals surface area contributed by atoms with Crippen LogP contribution in [0.4, 0.5) is 0 Å². The number of aromatic nitrogens is 1. The molecule has 0 bridgehead atoms. The molecule has 2 N–H and O–H groups in total. The molecule has 0 amide bonds. The second-order valence-electron chi connectivity index (χ2n) is 4.37. The molecule has 19 heavy (non-hydrogen) atoms. The third-order valence-electron chi connectivity index (χ3n) is 2.86. The molecule has 0 aliphatic carbocycles. The van der Waals surface area contributed by atoms with Crippen molar-refractivity contribution in [3.63, 3.8) is 0 Å². The second-order valence-corrected chi connectivity index (χ2v) is 4.81. The van der Waals surface area contributed by atoms with Gasteiger partial charge in [-0.1, -0.05) is 18.5 Å². The molecule has 2 rings (SSSR count). The third kappa shape index (κ3) is 3.46. The van der Waals surface area contributed by atoms with Crippen LogP contribution in [0.25, 0.3) is 0 Å². The summed E-state index contributed by atoms with van der Waals surface area (Å²) >= 11 is 5.93. The van der Waals surface area contributed by atoms with Gasteiger partial charge < -0.3 is 10.5 Å². The Balaban J connectivity index is 2.31. The number of aryl methyl sites for hydroxylation is 2. The summed E-state index contributed by atoms with van der Waals surface area (Å²) in [4.78, 5) is 4.45. The van der Waals surface area contributed by atoms with Crippen molar-refractivity contribution in [3.8, 4) is 11.6 Å². The van der Waals surface area contributed by atoms with E-state index >= 15 is 0 Å². The summed E-state index contributed by atoms with van der Waals surface area (Å²) in [6.07, 6.45) is 0.851. The van der Waals surface area contributed by atoms with E-state index in [0.717, 1.165) is 29.0 Å². The van der Waals surface area contributed by atoms with Crippen molar-refractivity contribution < 1.29 is 4.74 Å². The fraction of sp³-hybridized carbons (Fsp3) is 0.267. The number of nitrogens with zero attached hydrogens (tertiary/aromatic N) is 1. The predicted octanol–water partition coefficient (Wildman–Crippen LogP) is 3.86. The predicted molar refractivity (Wildman–Crippen MR) is 77.8 cm³/mol. The number of nitrogens with two attached hydrogens (primary N) is 1. The molecule has 100 valence electrons. The maximum absolute atomic E-state index is 5.93. The summed E-state index contributed by atoms with van der Waals surface area (Å²) in [6.45, 7) is 4.49. The van der Waals surface area contributed by atoms with Gasteiger partial charge in [0.1, 0.15) is 5.75 Å². The lowest BCUT2D eigenvalue weighted by Crippen LogP contribution is -2.01. The van der Waals surface area contributed by atoms with Crippen molar-refractivity contribution in [2.45, 2.75) is 26.8 Å². The van der Waals surface area contributed by atoms with Gasteiger partial charge in [-0.25, -0.2) is 4.98 Å². The van der Waals surface area contributed by atoms with Gasteiger partial charge in [0, 0.05) is 23.3 Å². The van der Waals surface area contributed by atoms with Crippen LogP contribution in [0.1, 0.15) is 23.7 Å². The van der Waals surface area contributed by atoms with E-state index in [9.17, 15) is 0 Å². The average Bonchev–Trinajstić information content (AvgIpc) is 2.41. The van der Waals surface area contributed by atoms with Gasteiger partial charge in [-0.3, -0.25) is 0 Å². The summed E-state index contributed by atoms with van der Waals surface area (Å²) in [6, 6.07) is 9.39. The van der Waals surface area contributed by atoms with Crippen molar-refractivity contribution in [3.05, 3.63) is 52.2 Å². The van der Waals surface area contributed by atoms with Crippen molar-refractivity contribution in [1.82, 2.24) is 4.98 Å². The van der Waals surface area contributed by atoms with Crippen LogP contribution in [-0.2, 0) is 13.0 Å². The SMILES string of the molecule is CCc1cc(CN)cc(Oc2ccc(Cl)cc2C)n1. The molecule has 4 heteroatoms. The average molecular weight is 277 g/mol. The van der Waals surface area contributed by atoms with Crippen LogP contribution in [0.3, 0.4) is 0 Å². The summed E-state index contributed by atoms with van der Waals surface area (Å²) in [5, 5.41) is 0.697. The highest BCUT2D eigenvalue weighted by Gasteiger charge is 2.06. The van der Waals surface area contributed by atoms with Gasteiger partial charge in [-0.15, -0.1) is 0 Å². The lowest BCUT2D eigenvalue weighted by atomic mass is 10.2. The Bertz CT molecular complexity index is 562. The molecule has 0 saturated heterocycles. The number of benzene rings is 1. The fourth-order valence-electron chi connectivity index (χ4n) is 1.81. The van der Waals surface area contributed by atoms with Crippen LogP contribution in [0.15, 0.2) is 30.3 Å². The van der Waals surface area contributed by atoms with E-state index in [0.29, 0.717) is 17.4 Å². The van der Waals surface area contributed by atoms with E-state index in [4.69, 9.17) is 22.1 Å². The normalized spacial score (nSPS) is 10.5. The molecule has 3 nitrogen and oxygen atoms in total. The number of hydrogen-bond acceptors (Lipinski definition) is 3. The van der Waals surface area contributed by atoms with Crippen molar-refractivity contribution in [2.24, 2.45) is 5.73 Å². The molecular formula is C15H17ClN2O. The summed E-state index contributed by atoms with van der Waals surface area (Å²) in [7, 11) is 0. The van der Waals surface area contributed by atoms with Crippen LogP contribution in [0, 0.1) is 6.92 Å². The molecule has 0 fully saturated rings. The van der Waals surface area contributed by atoms with E-state index in [2.05, 4.69) is 11.9 Å². The van der Waals surface area contributed by atoms with Crippen LogP contribution in [0.2, 0.25) is 5.02 Å². The van der Waals surface area contributed by atoms with Crippen LogP contribution >= 0.6 is 11.6 Å². The van der Waals surface area contributed by atoms with Gasteiger partial charge in [-0.05, 0) is 48.7 Å². The van der Waals surface area contributed by atoms with E-state index < -0.39 is 0 Å². The molecule has 0 unspecified atom stereocenters. The highest BCUT2D eigenvalue weighted by molar-refractivity contribution is 6.30. The quantitative estimate of drug-likeness (QED) is 0.922. The zero-order chi connectivity index (χ0) is 13.8. The van der Waals surface area contributed by atoms with E-state index in [1.807, 2.05) is 31.2 Å². The molecule has 1 aromatic carbocycles. The topological polar surface area (TPSA) is 48.1 Å². The number of pyridine rings is 1. The van der Waals surface area contributed by atoms with Crippen molar-refractivity contribution in [1.29, 1.82) is 0 Å². The Morgan fingerprint density at radius 3 is 2.68 bits per heavy atom. The van der Waals surface area contributed by atoms with Gasteiger partial charge in [0.15, 0.2) is 0 Å². The zero-order valence-corrected chi connectivity index (χ0v) is 11.9. The largest absolute Gasteiger partial charge is 0.439 e. The maximum Gasteiger partial charge on any atom is 0.219 e. The maximum atomic E-state index is 5.93. The minimum absolute atomic E-state index is 0.478.